The normalized spacial score (nSPS) is 19.6. The van der Waals surface area contributed by atoms with Crippen molar-refractivity contribution in [1.82, 2.24) is 9.88 Å². The number of carbonyl (C=O) groups is 2. The minimum absolute atomic E-state index is 0.0488. The van der Waals surface area contributed by atoms with Crippen molar-refractivity contribution in [2.24, 2.45) is 0 Å². The highest BCUT2D eigenvalue weighted by atomic mass is 19.4. The number of ketones is 1. The van der Waals surface area contributed by atoms with Crippen LogP contribution in [0.25, 0.3) is 11.3 Å². The predicted octanol–water partition coefficient (Wildman–Crippen LogP) is 5.01. The number of anilines is 1. The van der Waals surface area contributed by atoms with Crippen molar-refractivity contribution in [3.8, 4) is 17.0 Å². The summed E-state index contributed by atoms with van der Waals surface area (Å²) in [6.07, 6.45) is -2.74. The molecule has 1 amide bonds. The number of halogens is 4. The summed E-state index contributed by atoms with van der Waals surface area (Å²) in [7, 11) is 0. The maximum absolute atomic E-state index is 13.5. The maximum atomic E-state index is 13.5. The zero-order valence-electron chi connectivity index (χ0n) is 20.9. The Balaban J connectivity index is 1.32. The van der Waals surface area contributed by atoms with Gasteiger partial charge in [-0.3, -0.25) is 19.5 Å². The van der Waals surface area contributed by atoms with E-state index in [0.29, 0.717) is 30.0 Å². The summed E-state index contributed by atoms with van der Waals surface area (Å²) in [5, 5.41) is 2.52. The van der Waals surface area contributed by atoms with Gasteiger partial charge in [0.1, 0.15) is 5.82 Å². The number of fused-ring (bicyclic) bond motifs is 2. The summed E-state index contributed by atoms with van der Waals surface area (Å²) >= 11 is 0. The number of amides is 1. The van der Waals surface area contributed by atoms with Crippen molar-refractivity contribution in [3.05, 3.63) is 77.7 Å². The van der Waals surface area contributed by atoms with E-state index in [1.54, 1.807) is 31.2 Å². The Hall–Kier alpha value is -3.83. The number of hydrogen-bond acceptors (Lipinski definition) is 6. The van der Waals surface area contributed by atoms with Gasteiger partial charge in [-0.15, -0.1) is 13.2 Å². The molecule has 1 aromatic heterocycles. The molecule has 1 unspecified atom stereocenters. The molecule has 11 heteroatoms. The van der Waals surface area contributed by atoms with Crippen LogP contribution in [0.2, 0.25) is 0 Å². The van der Waals surface area contributed by atoms with E-state index in [4.69, 9.17) is 4.74 Å². The highest BCUT2D eigenvalue weighted by Gasteiger charge is 2.43. The van der Waals surface area contributed by atoms with E-state index in [0.717, 1.165) is 12.5 Å². The highest BCUT2D eigenvalue weighted by Crippen LogP contribution is 2.33. The van der Waals surface area contributed by atoms with Crippen LogP contribution < -0.4 is 10.1 Å². The van der Waals surface area contributed by atoms with Crippen molar-refractivity contribution < 1.29 is 36.6 Å². The fourth-order valence-corrected chi connectivity index (χ4v) is 4.94. The van der Waals surface area contributed by atoms with Gasteiger partial charge in [-0.1, -0.05) is 18.2 Å². The number of likely N-dealkylation sites (tertiary alicyclic amines) is 1. The number of nitrogens with zero attached hydrogens (tertiary/aromatic N) is 2. The van der Waals surface area contributed by atoms with E-state index in [1.165, 1.54) is 30.5 Å². The van der Waals surface area contributed by atoms with Gasteiger partial charge >= 0.3 is 6.36 Å². The smallest absolute Gasteiger partial charge is 0.404 e. The second-order valence-corrected chi connectivity index (χ2v) is 9.63. The minimum atomic E-state index is -4.99. The monoisotopic (exact) mass is 543 g/mol. The van der Waals surface area contributed by atoms with Gasteiger partial charge in [0.15, 0.2) is 11.5 Å². The summed E-state index contributed by atoms with van der Waals surface area (Å²) in [4.78, 5) is 32.2. The SMILES string of the molecule is CC(C(=O)Nc1cc(C(=O)Cc2ccc(-c3cccc(F)c3)nc2)ccc1OC(F)(F)F)N1C[C@@H]2C[C@H]1CO2. The maximum Gasteiger partial charge on any atom is 0.573 e. The van der Waals surface area contributed by atoms with Crippen LogP contribution in [0.1, 0.15) is 29.3 Å². The molecule has 0 saturated carbocycles. The molecule has 2 bridgehead atoms. The van der Waals surface area contributed by atoms with Crippen LogP contribution in [0.4, 0.5) is 23.2 Å². The molecule has 204 valence electrons. The highest BCUT2D eigenvalue weighted by molar-refractivity contribution is 6.01. The summed E-state index contributed by atoms with van der Waals surface area (Å²) in [6.45, 7) is 2.75. The third-order valence-corrected chi connectivity index (χ3v) is 6.91. The number of nitrogens with one attached hydrogen (secondary N) is 1. The van der Waals surface area contributed by atoms with E-state index < -0.39 is 35.7 Å². The van der Waals surface area contributed by atoms with E-state index in [9.17, 15) is 27.2 Å². The molecule has 0 spiro atoms. The van der Waals surface area contributed by atoms with Crippen molar-refractivity contribution >= 4 is 17.4 Å². The molecule has 3 aromatic rings. The quantitative estimate of drug-likeness (QED) is 0.318. The van der Waals surface area contributed by atoms with Gasteiger partial charge in [0.2, 0.25) is 5.91 Å². The van der Waals surface area contributed by atoms with Gasteiger partial charge in [-0.25, -0.2) is 4.39 Å². The van der Waals surface area contributed by atoms with Gasteiger partial charge in [0.05, 0.1) is 30.1 Å². The fraction of sp³-hybridized carbons (Fsp3) is 0.321. The Morgan fingerprint density at radius 1 is 1.18 bits per heavy atom. The first-order valence-electron chi connectivity index (χ1n) is 12.4. The summed E-state index contributed by atoms with van der Waals surface area (Å²) < 4.78 is 62.3. The first kappa shape index (κ1) is 26.8. The number of hydrogen-bond donors (Lipinski definition) is 1. The van der Waals surface area contributed by atoms with Gasteiger partial charge in [-0.05, 0) is 55.3 Å². The Labute approximate surface area is 221 Å². The lowest BCUT2D eigenvalue weighted by molar-refractivity contribution is -0.274. The van der Waals surface area contributed by atoms with E-state index in [1.807, 2.05) is 4.90 Å². The lowest BCUT2D eigenvalue weighted by Gasteiger charge is -2.31. The third kappa shape index (κ3) is 6.26. The topological polar surface area (TPSA) is 80.8 Å². The number of benzene rings is 2. The molecule has 0 radical (unpaired) electrons. The van der Waals surface area contributed by atoms with E-state index in [-0.39, 0.29) is 29.8 Å². The Bertz CT molecular complexity index is 1380. The number of Topliss-reactive ketones (excluding diaryl/α,β-unsaturated/α-hetero) is 1. The van der Waals surface area contributed by atoms with Crippen molar-refractivity contribution in [2.75, 3.05) is 18.5 Å². The molecule has 0 aliphatic carbocycles. The molecule has 3 heterocycles. The molecule has 7 nitrogen and oxygen atoms in total. The van der Waals surface area contributed by atoms with Crippen LogP contribution in [0, 0.1) is 5.82 Å². The number of morpholine rings is 1. The first-order valence-corrected chi connectivity index (χ1v) is 12.4. The molecule has 2 fully saturated rings. The number of pyridine rings is 1. The molecule has 1 N–H and O–H groups in total. The Morgan fingerprint density at radius 2 is 2.00 bits per heavy atom. The number of rotatable bonds is 8. The van der Waals surface area contributed by atoms with Crippen molar-refractivity contribution in [2.45, 2.75) is 44.3 Å². The third-order valence-electron chi connectivity index (χ3n) is 6.91. The predicted molar refractivity (Wildman–Crippen MR) is 134 cm³/mol. The molecule has 3 atom stereocenters. The van der Waals surface area contributed by atoms with Crippen LogP contribution in [-0.4, -0.2) is 59.3 Å². The van der Waals surface area contributed by atoms with E-state index in [2.05, 4.69) is 15.0 Å². The lowest BCUT2D eigenvalue weighted by atomic mass is 10.0. The lowest BCUT2D eigenvalue weighted by Crippen LogP contribution is -2.48. The van der Waals surface area contributed by atoms with Crippen LogP contribution in [0.15, 0.2) is 60.8 Å². The van der Waals surface area contributed by atoms with Gasteiger partial charge in [0, 0.05) is 36.3 Å². The summed E-state index contributed by atoms with van der Waals surface area (Å²) in [6, 6.07) is 12.1. The number of ether oxygens (including phenoxy) is 2. The molecular weight excluding hydrogens is 518 g/mol. The second-order valence-electron chi connectivity index (χ2n) is 9.63. The van der Waals surface area contributed by atoms with Crippen LogP contribution >= 0.6 is 0 Å². The average molecular weight is 544 g/mol. The van der Waals surface area contributed by atoms with Gasteiger partial charge in [-0.2, -0.15) is 0 Å². The van der Waals surface area contributed by atoms with Gasteiger partial charge in [0.25, 0.3) is 0 Å². The molecule has 2 aliphatic rings. The number of aromatic nitrogens is 1. The zero-order chi connectivity index (χ0) is 27.7. The summed E-state index contributed by atoms with van der Waals surface area (Å²) in [5.74, 6) is -1.93. The average Bonchev–Trinajstić information content (AvgIpc) is 3.53. The number of alkyl halides is 3. The van der Waals surface area contributed by atoms with Crippen molar-refractivity contribution in [3.63, 3.8) is 0 Å². The molecular formula is C28H25F4N3O4. The minimum Gasteiger partial charge on any atom is -0.404 e. The molecule has 39 heavy (non-hydrogen) atoms. The zero-order valence-corrected chi connectivity index (χ0v) is 20.9. The number of carbonyl (C=O) groups excluding carboxylic acids is 2. The van der Waals surface area contributed by atoms with Crippen molar-refractivity contribution in [1.29, 1.82) is 0 Å². The second kappa shape index (κ2) is 10.7. The fourth-order valence-electron chi connectivity index (χ4n) is 4.94. The summed E-state index contributed by atoms with van der Waals surface area (Å²) in [5.41, 5.74) is 1.50. The van der Waals surface area contributed by atoms with Crippen LogP contribution in [0.5, 0.6) is 5.75 Å². The standard InChI is InChI=1S/C28H25F4N3O4/c1-16(35-14-22-12-21(35)15-38-22)27(37)34-24-11-19(6-8-26(24)39-28(30,31)32)25(36)9-17-5-7-23(33-13-17)18-3-2-4-20(29)10-18/h2-8,10-11,13,16,21-22H,9,12,14-15H2,1H3,(H,34,37)/t16?,21-,22-/m0/s1. The van der Waals surface area contributed by atoms with E-state index >= 15 is 0 Å². The molecule has 2 saturated heterocycles. The first-order chi connectivity index (χ1) is 18.6. The molecule has 2 aromatic carbocycles. The molecule has 2 aliphatic heterocycles. The Kier molecular flexibility index (Phi) is 7.37. The van der Waals surface area contributed by atoms with Crippen LogP contribution in [-0.2, 0) is 16.0 Å². The van der Waals surface area contributed by atoms with Crippen LogP contribution in [0.3, 0.4) is 0 Å². The largest absolute Gasteiger partial charge is 0.573 e. The van der Waals surface area contributed by atoms with Gasteiger partial charge < -0.3 is 14.8 Å². The molecule has 5 rings (SSSR count). The Morgan fingerprint density at radius 3 is 2.64 bits per heavy atom.